The predicted octanol–water partition coefficient (Wildman–Crippen LogP) is 4.25. The molecule has 4 heteroatoms. The van der Waals surface area contributed by atoms with Crippen LogP contribution < -0.4 is 15.8 Å². The molecule has 0 aromatic heterocycles. The Kier molecular flexibility index (Phi) is 4.13. The molecule has 0 saturated carbocycles. The maximum Gasteiger partial charge on any atom is 0.144 e. The highest BCUT2D eigenvalue weighted by molar-refractivity contribution is 5.77. The van der Waals surface area contributed by atoms with Crippen LogP contribution in [0.1, 0.15) is 19.4 Å². The van der Waals surface area contributed by atoms with Crippen LogP contribution in [0.25, 0.3) is 0 Å². The second-order valence-corrected chi connectivity index (χ2v) is 4.97. The third kappa shape index (κ3) is 3.20. The Morgan fingerprint density at radius 2 is 1.95 bits per heavy atom. The minimum Gasteiger partial charge on any atom is -0.489 e. The van der Waals surface area contributed by atoms with Crippen molar-refractivity contribution in [2.24, 2.45) is 0 Å². The van der Waals surface area contributed by atoms with E-state index in [-0.39, 0.29) is 11.9 Å². The van der Waals surface area contributed by atoms with Crippen molar-refractivity contribution in [3.63, 3.8) is 0 Å². The zero-order chi connectivity index (χ0) is 14.7. The van der Waals surface area contributed by atoms with E-state index in [1.54, 1.807) is 13.0 Å². The average molecular weight is 274 g/mol. The van der Waals surface area contributed by atoms with Gasteiger partial charge in [0.2, 0.25) is 0 Å². The van der Waals surface area contributed by atoms with Crippen LogP contribution in [0.2, 0.25) is 0 Å². The monoisotopic (exact) mass is 274 g/mol. The molecule has 0 atom stereocenters. The number of benzene rings is 2. The van der Waals surface area contributed by atoms with Crippen LogP contribution in [-0.4, -0.2) is 6.10 Å². The molecule has 0 spiro atoms. The number of anilines is 3. The Labute approximate surface area is 118 Å². The third-order valence-electron chi connectivity index (χ3n) is 2.88. The summed E-state index contributed by atoms with van der Waals surface area (Å²) in [5, 5.41) is 3.11. The number of nitrogens with two attached hydrogens (primary N) is 1. The molecular weight excluding hydrogens is 255 g/mol. The number of hydrogen-bond donors (Lipinski definition) is 2. The van der Waals surface area contributed by atoms with Crippen molar-refractivity contribution >= 4 is 17.1 Å². The van der Waals surface area contributed by atoms with Gasteiger partial charge in [-0.05, 0) is 50.6 Å². The first-order valence-corrected chi connectivity index (χ1v) is 6.55. The van der Waals surface area contributed by atoms with Gasteiger partial charge in [-0.1, -0.05) is 12.1 Å². The molecule has 0 aliphatic heterocycles. The first-order chi connectivity index (χ1) is 9.47. The molecule has 0 radical (unpaired) electrons. The molecule has 0 heterocycles. The SMILES string of the molecule is Cc1ccc(Nc2cccc(OC(C)C)c2N)cc1F. The summed E-state index contributed by atoms with van der Waals surface area (Å²) in [4.78, 5) is 0. The van der Waals surface area contributed by atoms with Gasteiger partial charge in [-0.25, -0.2) is 4.39 Å². The van der Waals surface area contributed by atoms with Crippen molar-refractivity contribution in [3.05, 3.63) is 47.8 Å². The molecule has 0 saturated heterocycles. The maximum absolute atomic E-state index is 13.5. The Morgan fingerprint density at radius 3 is 2.60 bits per heavy atom. The summed E-state index contributed by atoms with van der Waals surface area (Å²) in [5.74, 6) is 0.376. The molecule has 20 heavy (non-hydrogen) atoms. The Hall–Kier alpha value is -2.23. The van der Waals surface area contributed by atoms with Gasteiger partial charge in [-0.2, -0.15) is 0 Å². The molecule has 2 aromatic rings. The van der Waals surface area contributed by atoms with Gasteiger partial charge in [-0.15, -0.1) is 0 Å². The van der Waals surface area contributed by atoms with Gasteiger partial charge in [0.25, 0.3) is 0 Å². The number of nitrogens with one attached hydrogen (secondary N) is 1. The number of halogens is 1. The van der Waals surface area contributed by atoms with Crippen LogP contribution in [-0.2, 0) is 0 Å². The zero-order valence-corrected chi connectivity index (χ0v) is 11.9. The normalized spacial score (nSPS) is 10.7. The van der Waals surface area contributed by atoms with Gasteiger partial charge < -0.3 is 15.8 Å². The van der Waals surface area contributed by atoms with Gasteiger partial charge in [-0.3, -0.25) is 0 Å². The number of aryl methyl sites for hydroxylation is 1. The lowest BCUT2D eigenvalue weighted by Gasteiger charge is -2.16. The largest absolute Gasteiger partial charge is 0.489 e. The minimum atomic E-state index is -0.247. The van der Waals surface area contributed by atoms with Gasteiger partial charge in [0, 0.05) is 5.69 Å². The van der Waals surface area contributed by atoms with Crippen molar-refractivity contribution in [1.29, 1.82) is 0 Å². The minimum absolute atomic E-state index is 0.0457. The Balaban J connectivity index is 2.27. The number of hydrogen-bond acceptors (Lipinski definition) is 3. The molecule has 2 rings (SSSR count). The highest BCUT2D eigenvalue weighted by Crippen LogP contribution is 2.32. The summed E-state index contributed by atoms with van der Waals surface area (Å²) >= 11 is 0. The van der Waals surface area contributed by atoms with Crippen molar-refractivity contribution < 1.29 is 9.13 Å². The lowest BCUT2D eigenvalue weighted by molar-refractivity contribution is 0.244. The van der Waals surface area contributed by atoms with Gasteiger partial charge >= 0.3 is 0 Å². The number of nitrogen functional groups attached to an aromatic ring is 1. The summed E-state index contributed by atoms with van der Waals surface area (Å²) in [7, 11) is 0. The van der Waals surface area contributed by atoms with E-state index in [0.717, 1.165) is 0 Å². The van der Waals surface area contributed by atoms with Crippen LogP contribution in [0, 0.1) is 12.7 Å². The number of ether oxygens (including phenoxy) is 1. The molecule has 0 fully saturated rings. The van der Waals surface area contributed by atoms with E-state index in [9.17, 15) is 4.39 Å². The number of rotatable bonds is 4. The fourth-order valence-corrected chi connectivity index (χ4v) is 1.84. The first-order valence-electron chi connectivity index (χ1n) is 6.55. The lowest BCUT2D eigenvalue weighted by Crippen LogP contribution is -2.08. The summed E-state index contributed by atoms with van der Waals surface area (Å²) in [6, 6.07) is 10.5. The predicted molar refractivity (Wildman–Crippen MR) is 81.0 cm³/mol. The second-order valence-electron chi connectivity index (χ2n) is 4.97. The highest BCUT2D eigenvalue weighted by Gasteiger charge is 2.08. The lowest BCUT2D eigenvalue weighted by atomic mass is 10.2. The van der Waals surface area contributed by atoms with Crippen molar-refractivity contribution in [2.75, 3.05) is 11.1 Å². The molecule has 3 nitrogen and oxygen atoms in total. The van der Waals surface area contributed by atoms with Gasteiger partial charge in [0.05, 0.1) is 17.5 Å². The first kappa shape index (κ1) is 14.2. The molecule has 3 N–H and O–H groups in total. The van der Waals surface area contributed by atoms with E-state index >= 15 is 0 Å². The highest BCUT2D eigenvalue weighted by atomic mass is 19.1. The molecule has 0 bridgehead atoms. The second kappa shape index (κ2) is 5.82. The smallest absolute Gasteiger partial charge is 0.144 e. The van der Waals surface area contributed by atoms with E-state index < -0.39 is 0 Å². The summed E-state index contributed by atoms with van der Waals surface area (Å²) < 4.78 is 19.2. The topological polar surface area (TPSA) is 47.3 Å². The van der Waals surface area contributed by atoms with Crippen molar-refractivity contribution in [1.82, 2.24) is 0 Å². The number of para-hydroxylation sites is 1. The standard InChI is InChI=1S/C16H19FN2O/c1-10(2)20-15-6-4-5-14(16(15)18)19-12-8-7-11(3)13(17)9-12/h4-10,19H,18H2,1-3H3. The van der Waals surface area contributed by atoms with E-state index in [2.05, 4.69) is 5.32 Å². The van der Waals surface area contributed by atoms with Gasteiger partial charge in [0.1, 0.15) is 11.6 Å². The van der Waals surface area contributed by atoms with E-state index in [4.69, 9.17) is 10.5 Å². The van der Waals surface area contributed by atoms with Crippen LogP contribution in [0.5, 0.6) is 5.75 Å². The zero-order valence-electron chi connectivity index (χ0n) is 11.9. The fourth-order valence-electron chi connectivity index (χ4n) is 1.84. The van der Waals surface area contributed by atoms with Crippen LogP contribution in [0.4, 0.5) is 21.5 Å². The van der Waals surface area contributed by atoms with Crippen LogP contribution >= 0.6 is 0 Å². The maximum atomic E-state index is 13.5. The molecular formula is C16H19FN2O. The Morgan fingerprint density at radius 1 is 1.20 bits per heavy atom. The third-order valence-corrected chi connectivity index (χ3v) is 2.88. The average Bonchev–Trinajstić information content (AvgIpc) is 2.38. The van der Waals surface area contributed by atoms with Crippen molar-refractivity contribution in [3.8, 4) is 5.75 Å². The van der Waals surface area contributed by atoms with E-state index in [1.807, 2.05) is 38.1 Å². The fraction of sp³-hybridized carbons (Fsp3) is 0.250. The molecule has 2 aromatic carbocycles. The Bertz CT molecular complexity index is 611. The molecule has 106 valence electrons. The van der Waals surface area contributed by atoms with Gasteiger partial charge in [0.15, 0.2) is 0 Å². The van der Waals surface area contributed by atoms with Crippen LogP contribution in [0.3, 0.4) is 0 Å². The molecule has 0 aliphatic rings. The van der Waals surface area contributed by atoms with E-state index in [0.29, 0.717) is 28.4 Å². The molecule has 0 amide bonds. The molecule has 0 aliphatic carbocycles. The van der Waals surface area contributed by atoms with E-state index in [1.165, 1.54) is 6.07 Å². The summed E-state index contributed by atoms with van der Waals surface area (Å²) in [6.45, 7) is 5.61. The van der Waals surface area contributed by atoms with Crippen molar-refractivity contribution in [2.45, 2.75) is 26.9 Å². The van der Waals surface area contributed by atoms with Crippen LogP contribution in [0.15, 0.2) is 36.4 Å². The summed E-state index contributed by atoms with van der Waals surface area (Å²) in [6.07, 6.45) is 0.0457. The quantitative estimate of drug-likeness (QED) is 0.819. The summed E-state index contributed by atoms with van der Waals surface area (Å²) in [5.41, 5.74) is 8.55. The molecule has 0 unspecified atom stereocenters.